The molecule has 0 amide bonds. The molecule has 2 nitrogen and oxygen atoms in total. The van der Waals surface area contributed by atoms with Crippen LogP contribution in [0.1, 0.15) is 12.8 Å². The normalized spacial score (nSPS) is 34.8. The van der Waals surface area contributed by atoms with Crippen molar-refractivity contribution in [2.24, 2.45) is 5.92 Å². The van der Waals surface area contributed by atoms with Crippen LogP contribution in [0.25, 0.3) is 0 Å². The van der Waals surface area contributed by atoms with Gasteiger partial charge >= 0.3 is 0 Å². The Labute approximate surface area is 75.0 Å². The summed E-state index contributed by atoms with van der Waals surface area (Å²) in [5.74, 6) is 3.17. The van der Waals surface area contributed by atoms with Crippen LogP contribution in [-0.2, 0) is 9.47 Å². The molecule has 3 heteroatoms. The Morgan fingerprint density at radius 2 is 2.50 bits per heavy atom. The average Bonchev–Trinajstić information content (AvgIpc) is 2.33. The summed E-state index contributed by atoms with van der Waals surface area (Å²) in [5, 5.41) is 0. The quantitative estimate of drug-likeness (QED) is 0.434. The third kappa shape index (κ3) is 2.26. The van der Waals surface area contributed by atoms with Crippen molar-refractivity contribution in [2.75, 3.05) is 13.7 Å². The van der Waals surface area contributed by atoms with E-state index in [1.165, 1.54) is 0 Å². The SMILES string of the molecule is BC1CC(CC#C)C(COC)O1. The summed E-state index contributed by atoms with van der Waals surface area (Å²) >= 11 is 0. The number of terminal acetylenes is 1. The Balaban J connectivity index is 2.42. The van der Waals surface area contributed by atoms with Crippen molar-refractivity contribution in [3.63, 3.8) is 0 Å². The Morgan fingerprint density at radius 1 is 1.75 bits per heavy atom. The van der Waals surface area contributed by atoms with E-state index >= 15 is 0 Å². The van der Waals surface area contributed by atoms with Crippen molar-refractivity contribution < 1.29 is 9.47 Å². The van der Waals surface area contributed by atoms with Gasteiger partial charge < -0.3 is 9.47 Å². The number of ether oxygens (including phenoxy) is 2. The van der Waals surface area contributed by atoms with E-state index in [1.807, 2.05) is 0 Å². The summed E-state index contributed by atoms with van der Waals surface area (Å²) in [6.45, 7) is 0.663. The second kappa shape index (κ2) is 4.54. The molecule has 1 aliphatic heterocycles. The van der Waals surface area contributed by atoms with Gasteiger partial charge in [-0.15, -0.1) is 12.3 Å². The highest BCUT2D eigenvalue weighted by molar-refractivity contribution is 6.11. The monoisotopic (exact) mass is 166 g/mol. The molecule has 12 heavy (non-hydrogen) atoms. The molecule has 1 rings (SSSR count). The van der Waals surface area contributed by atoms with E-state index in [1.54, 1.807) is 7.11 Å². The number of hydrogen-bond donors (Lipinski definition) is 0. The zero-order valence-electron chi connectivity index (χ0n) is 7.75. The molecule has 1 saturated heterocycles. The minimum Gasteiger partial charge on any atom is -0.382 e. The third-order valence-corrected chi connectivity index (χ3v) is 2.28. The van der Waals surface area contributed by atoms with Crippen LogP contribution < -0.4 is 0 Å². The van der Waals surface area contributed by atoms with Gasteiger partial charge in [0.15, 0.2) is 0 Å². The summed E-state index contributed by atoms with van der Waals surface area (Å²) in [4.78, 5) is 0. The molecular weight excluding hydrogens is 151 g/mol. The number of hydrogen-bond acceptors (Lipinski definition) is 2. The molecule has 66 valence electrons. The predicted molar refractivity (Wildman–Crippen MR) is 50.6 cm³/mol. The molecule has 0 aliphatic carbocycles. The first kappa shape index (κ1) is 9.63. The Kier molecular flexibility index (Phi) is 3.64. The van der Waals surface area contributed by atoms with Crippen molar-refractivity contribution in [2.45, 2.75) is 24.9 Å². The molecule has 3 atom stereocenters. The van der Waals surface area contributed by atoms with Crippen molar-refractivity contribution in [1.29, 1.82) is 0 Å². The van der Waals surface area contributed by atoms with Crippen LogP contribution in [0.2, 0.25) is 0 Å². The lowest BCUT2D eigenvalue weighted by atomic mass is 9.89. The standard InChI is InChI=1S/C9H15BO2/c1-3-4-7-5-9(10)12-8(7)6-11-2/h1,7-9H,4-6,10H2,2H3. The van der Waals surface area contributed by atoms with Crippen LogP contribution in [0, 0.1) is 18.3 Å². The first-order chi connectivity index (χ1) is 5.77. The van der Waals surface area contributed by atoms with Gasteiger partial charge in [-0.2, -0.15) is 0 Å². The molecule has 0 aromatic carbocycles. The lowest BCUT2D eigenvalue weighted by molar-refractivity contribution is 0.0102. The summed E-state index contributed by atoms with van der Waals surface area (Å²) in [6.07, 6.45) is 7.35. The van der Waals surface area contributed by atoms with Crippen molar-refractivity contribution in [1.82, 2.24) is 0 Å². The van der Waals surface area contributed by atoms with E-state index in [4.69, 9.17) is 15.9 Å². The lowest BCUT2D eigenvalue weighted by Crippen LogP contribution is -2.21. The van der Waals surface area contributed by atoms with E-state index in [9.17, 15) is 0 Å². The van der Waals surface area contributed by atoms with Crippen LogP contribution in [0.5, 0.6) is 0 Å². The molecule has 0 spiro atoms. The largest absolute Gasteiger partial charge is 0.382 e. The predicted octanol–water partition coefficient (Wildman–Crippen LogP) is 0.0204. The highest BCUT2D eigenvalue weighted by Crippen LogP contribution is 2.27. The first-order valence-electron chi connectivity index (χ1n) is 4.35. The molecule has 1 aliphatic rings. The van der Waals surface area contributed by atoms with Gasteiger partial charge in [-0.25, -0.2) is 0 Å². The van der Waals surface area contributed by atoms with E-state index in [0.29, 0.717) is 18.5 Å². The molecule has 0 bridgehead atoms. The molecule has 1 fully saturated rings. The van der Waals surface area contributed by atoms with Crippen LogP contribution in [0.3, 0.4) is 0 Å². The second-order valence-corrected chi connectivity index (χ2v) is 3.34. The summed E-state index contributed by atoms with van der Waals surface area (Å²) in [6, 6.07) is 0.337. The maximum atomic E-state index is 5.65. The van der Waals surface area contributed by atoms with Gasteiger partial charge in [0.25, 0.3) is 0 Å². The second-order valence-electron chi connectivity index (χ2n) is 3.34. The van der Waals surface area contributed by atoms with Crippen LogP contribution in [0.15, 0.2) is 0 Å². The van der Waals surface area contributed by atoms with Crippen LogP contribution in [-0.4, -0.2) is 33.7 Å². The molecule has 3 unspecified atom stereocenters. The number of rotatable bonds is 3. The number of methoxy groups -OCH3 is 1. The summed E-state index contributed by atoms with van der Waals surface area (Å²) < 4.78 is 10.7. The molecular formula is C9H15BO2. The van der Waals surface area contributed by atoms with E-state index < -0.39 is 0 Å². The van der Waals surface area contributed by atoms with Gasteiger partial charge in [0.1, 0.15) is 7.85 Å². The Bertz CT molecular complexity index is 176. The topological polar surface area (TPSA) is 18.5 Å². The van der Waals surface area contributed by atoms with Gasteiger partial charge in [-0.1, -0.05) is 0 Å². The lowest BCUT2D eigenvalue weighted by Gasteiger charge is -2.14. The van der Waals surface area contributed by atoms with Crippen molar-refractivity contribution in [3.05, 3.63) is 0 Å². The van der Waals surface area contributed by atoms with E-state index in [0.717, 1.165) is 12.8 Å². The fraction of sp³-hybridized carbons (Fsp3) is 0.778. The van der Waals surface area contributed by atoms with Crippen molar-refractivity contribution >= 4 is 7.85 Å². The van der Waals surface area contributed by atoms with Crippen LogP contribution >= 0.6 is 0 Å². The fourth-order valence-corrected chi connectivity index (χ4v) is 1.75. The highest BCUT2D eigenvalue weighted by Gasteiger charge is 2.31. The first-order valence-corrected chi connectivity index (χ1v) is 4.35. The average molecular weight is 166 g/mol. The fourth-order valence-electron chi connectivity index (χ4n) is 1.75. The zero-order valence-corrected chi connectivity index (χ0v) is 7.75. The highest BCUT2D eigenvalue weighted by atomic mass is 16.5. The maximum Gasteiger partial charge on any atom is 0.139 e. The molecule has 0 saturated carbocycles. The zero-order chi connectivity index (χ0) is 8.97. The van der Waals surface area contributed by atoms with E-state index in [2.05, 4.69) is 13.8 Å². The van der Waals surface area contributed by atoms with E-state index in [-0.39, 0.29) is 6.10 Å². The Morgan fingerprint density at radius 3 is 3.08 bits per heavy atom. The third-order valence-electron chi connectivity index (χ3n) is 2.28. The maximum absolute atomic E-state index is 5.65. The minimum absolute atomic E-state index is 0.209. The molecule has 0 radical (unpaired) electrons. The molecule has 0 N–H and O–H groups in total. The summed E-state index contributed by atoms with van der Waals surface area (Å²) in [5.41, 5.74) is 0. The summed E-state index contributed by atoms with van der Waals surface area (Å²) in [7, 11) is 3.78. The smallest absolute Gasteiger partial charge is 0.139 e. The van der Waals surface area contributed by atoms with Gasteiger partial charge in [0, 0.05) is 19.5 Å². The van der Waals surface area contributed by atoms with Gasteiger partial charge in [-0.3, -0.25) is 0 Å². The van der Waals surface area contributed by atoms with Gasteiger partial charge in [0.2, 0.25) is 0 Å². The molecule has 0 aromatic rings. The Hall–Kier alpha value is -0.455. The molecule has 0 aromatic heterocycles. The van der Waals surface area contributed by atoms with Crippen LogP contribution in [0.4, 0.5) is 0 Å². The van der Waals surface area contributed by atoms with Gasteiger partial charge in [-0.05, 0) is 12.3 Å². The van der Waals surface area contributed by atoms with Crippen molar-refractivity contribution in [3.8, 4) is 12.3 Å². The van der Waals surface area contributed by atoms with Gasteiger partial charge in [0.05, 0.1) is 12.7 Å². The minimum atomic E-state index is 0.209. The molecule has 1 heterocycles.